The van der Waals surface area contributed by atoms with Crippen LogP contribution in [0, 0.1) is 0 Å². The van der Waals surface area contributed by atoms with Crippen LogP contribution in [0.1, 0.15) is 28.9 Å². The van der Waals surface area contributed by atoms with Gasteiger partial charge in [0.2, 0.25) is 5.91 Å². The lowest BCUT2D eigenvalue weighted by Gasteiger charge is -2.16. The SMILES string of the molecule is COc1cn(-c2cccc(C(F)(F)F)c2)nc1C(=O)Nc1ccc(N2CCCC2=O)cc1. The van der Waals surface area contributed by atoms with E-state index in [4.69, 9.17) is 4.74 Å². The zero-order valence-electron chi connectivity index (χ0n) is 17.0. The molecule has 0 bridgehead atoms. The predicted octanol–water partition coefficient (Wildman–Crippen LogP) is 4.28. The first-order valence-corrected chi connectivity index (χ1v) is 9.79. The van der Waals surface area contributed by atoms with Crippen molar-refractivity contribution in [2.45, 2.75) is 19.0 Å². The molecule has 3 aromatic rings. The molecule has 0 aliphatic carbocycles. The quantitative estimate of drug-likeness (QED) is 0.638. The Morgan fingerprint density at radius 1 is 1.12 bits per heavy atom. The van der Waals surface area contributed by atoms with Gasteiger partial charge in [0.1, 0.15) is 0 Å². The van der Waals surface area contributed by atoms with Crippen molar-refractivity contribution in [1.82, 2.24) is 9.78 Å². The van der Waals surface area contributed by atoms with Gasteiger partial charge in [-0.2, -0.15) is 18.3 Å². The summed E-state index contributed by atoms with van der Waals surface area (Å²) < 4.78 is 45.4. The lowest BCUT2D eigenvalue weighted by atomic mass is 10.2. The van der Waals surface area contributed by atoms with Gasteiger partial charge in [0, 0.05) is 24.3 Å². The molecule has 32 heavy (non-hydrogen) atoms. The molecule has 10 heteroatoms. The molecule has 0 radical (unpaired) electrons. The number of alkyl halides is 3. The van der Waals surface area contributed by atoms with Gasteiger partial charge < -0.3 is 15.0 Å². The first kappa shape index (κ1) is 21.4. The van der Waals surface area contributed by atoms with Crippen molar-refractivity contribution in [3.05, 3.63) is 66.0 Å². The van der Waals surface area contributed by atoms with Gasteiger partial charge in [0.15, 0.2) is 11.4 Å². The number of nitrogens with one attached hydrogen (secondary N) is 1. The monoisotopic (exact) mass is 444 g/mol. The molecular weight excluding hydrogens is 425 g/mol. The number of benzene rings is 2. The summed E-state index contributed by atoms with van der Waals surface area (Å²) in [4.78, 5) is 26.3. The second kappa shape index (κ2) is 8.37. The molecular formula is C22H19F3N4O3. The molecule has 166 valence electrons. The van der Waals surface area contributed by atoms with Gasteiger partial charge in [0.05, 0.1) is 24.6 Å². The fourth-order valence-corrected chi connectivity index (χ4v) is 3.46. The summed E-state index contributed by atoms with van der Waals surface area (Å²) in [6.07, 6.45) is -1.83. The van der Waals surface area contributed by atoms with E-state index < -0.39 is 17.6 Å². The van der Waals surface area contributed by atoms with Crippen LogP contribution in [0.2, 0.25) is 0 Å². The third kappa shape index (κ3) is 4.29. The minimum absolute atomic E-state index is 0.0617. The number of hydrogen-bond acceptors (Lipinski definition) is 4. The Labute approximate surface area is 181 Å². The Morgan fingerprint density at radius 3 is 2.50 bits per heavy atom. The van der Waals surface area contributed by atoms with Gasteiger partial charge in [-0.15, -0.1) is 0 Å². The van der Waals surface area contributed by atoms with Crippen molar-refractivity contribution in [2.24, 2.45) is 0 Å². The number of nitrogens with zero attached hydrogens (tertiary/aromatic N) is 3. The minimum atomic E-state index is -4.50. The smallest absolute Gasteiger partial charge is 0.416 e. The van der Waals surface area contributed by atoms with Crippen molar-refractivity contribution < 1.29 is 27.5 Å². The number of methoxy groups -OCH3 is 1. The summed E-state index contributed by atoms with van der Waals surface area (Å²) in [6, 6.07) is 11.4. The summed E-state index contributed by atoms with van der Waals surface area (Å²) in [7, 11) is 1.34. The average molecular weight is 444 g/mol. The van der Waals surface area contributed by atoms with Crippen LogP contribution in [-0.2, 0) is 11.0 Å². The number of aromatic nitrogens is 2. The molecule has 4 rings (SSSR count). The van der Waals surface area contributed by atoms with E-state index in [9.17, 15) is 22.8 Å². The van der Waals surface area contributed by atoms with E-state index in [2.05, 4.69) is 10.4 Å². The summed E-state index contributed by atoms with van der Waals surface area (Å²) in [5, 5.41) is 6.80. The van der Waals surface area contributed by atoms with Crippen molar-refractivity contribution >= 4 is 23.2 Å². The van der Waals surface area contributed by atoms with Crippen molar-refractivity contribution in [2.75, 3.05) is 23.9 Å². The normalized spacial score (nSPS) is 14.0. The van der Waals surface area contributed by atoms with E-state index in [0.29, 0.717) is 18.7 Å². The third-order valence-electron chi connectivity index (χ3n) is 5.06. The van der Waals surface area contributed by atoms with Gasteiger partial charge >= 0.3 is 6.18 Å². The minimum Gasteiger partial charge on any atom is -0.493 e. The van der Waals surface area contributed by atoms with Gasteiger partial charge in [-0.1, -0.05) is 6.07 Å². The molecule has 2 heterocycles. The highest BCUT2D eigenvalue weighted by molar-refractivity contribution is 6.05. The fourth-order valence-electron chi connectivity index (χ4n) is 3.46. The fraction of sp³-hybridized carbons (Fsp3) is 0.227. The van der Waals surface area contributed by atoms with Crippen molar-refractivity contribution in [3.63, 3.8) is 0 Å². The Kier molecular flexibility index (Phi) is 5.60. The van der Waals surface area contributed by atoms with Crippen LogP contribution in [0.15, 0.2) is 54.7 Å². The average Bonchev–Trinajstić information content (AvgIpc) is 3.40. The van der Waals surface area contributed by atoms with E-state index in [1.54, 1.807) is 29.2 Å². The Hall–Kier alpha value is -3.82. The molecule has 0 saturated carbocycles. The number of halogens is 3. The van der Waals surface area contributed by atoms with Crippen molar-refractivity contribution in [3.8, 4) is 11.4 Å². The molecule has 1 N–H and O–H groups in total. The number of anilines is 2. The number of ether oxygens (including phenoxy) is 1. The van der Waals surface area contributed by atoms with Crippen molar-refractivity contribution in [1.29, 1.82) is 0 Å². The van der Waals surface area contributed by atoms with Crippen LogP contribution in [-0.4, -0.2) is 35.2 Å². The Balaban J connectivity index is 1.54. The van der Waals surface area contributed by atoms with E-state index in [0.717, 1.165) is 28.9 Å². The molecule has 2 amide bonds. The highest BCUT2D eigenvalue weighted by atomic mass is 19.4. The standard InChI is InChI=1S/C22H19F3N4O3/c1-32-18-13-29(17-5-2-4-14(12-17)22(23,24)25)27-20(18)21(31)26-15-7-9-16(10-8-15)28-11-3-6-19(28)30/h2,4-5,7-10,12-13H,3,6,11H2,1H3,(H,26,31). The number of hydrogen-bond donors (Lipinski definition) is 1. The zero-order chi connectivity index (χ0) is 22.9. The first-order valence-electron chi connectivity index (χ1n) is 9.79. The maximum absolute atomic E-state index is 13.0. The number of amides is 2. The molecule has 1 fully saturated rings. The largest absolute Gasteiger partial charge is 0.493 e. The van der Waals surface area contributed by atoms with Gasteiger partial charge in [-0.3, -0.25) is 9.59 Å². The lowest BCUT2D eigenvalue weighted by Crippen LogP contribution is -2.23. The van der Waals surface area contributed by atoms with Crippen LogP contribution < -0.4 is 15.0 Å². The number of carbonyl (C=O) groups excluding carboxylic acids is 2. The Morgan fingerprint density at radius 2 is 1.88 bits per heavy atom. The van der Waals surface area contributed by atoms with E-state index in [1.807, 2.05) is 0 Å². The van der Waals surface area contributed by atoms with Crippen LogP contribution in [0.5, 0.6) is 5.75 Å². The summed E-state index contributed by atoms with van der Waals surface area (Å²) in [6.45, 7) is 0.661. The molecule has 0 spiro atoms. The molecule has 1 aliphatic heterocycles. The number of carbonyl (C=O) groups is 2. The molecule has 0 unspecified atom stereocenters. The highest BCUT2D eigenvalue weighted by Crippen LogP contribution is 2.31. The summed E-state index contributed by atoms with van der Waals surface area (Å²) in [5.74, 6) is -0.413. The molecule has 1 aromatic heterocycles. The van der Waals surface area contributed by atoms with Gasteiger partial charge in [0.25, 0.3) is 5.91 Å². The second-order valence-corrected chi connectivity index (χ2v) is 7.19. The maximum Gasteiger partial charge on any atom is 0.416 e. The second-order valence-electron chi connectivity index (χ2n) is 7.19. The predicted molar refractivity (Wildman–Crippen MR) is 111 cm³/mol. The topological polar surface area (TPSA) is 76.5 Å². The van der Waals surface area contributed by atoms with Crippen LogP contribution in [0.4, 0.5) is 24.5 Å². The van der Waals surface area contributed by atoms with Gasteiger partial charge in [-0.25, -0.2) is 4.68 Å². The lowest BCUT2D eigenvalue weighted by molar-refractivity contribution is -0.137. The Bertz CT molecular complexity index is 1160. The van der Waals surface area contributed by atoms with E-state index in [-0.39, 0.29) is 23.0 Å². The maximum atomic E-state index is 13.0. The van der Waals surface area contributed by atoms with Crippen LogP contribution in [0.25, 0.3) is 5.69 Å². The van der Waals surface area contributed by atoms with E-state index >= 15 is 0 Å². The van der Waals surface area contributed by atoms with E-state index in [1.165, 1.54) is 25.4 Å². The summed E-state index contributed by atoms with van der Waals surface area (Å²) in [5.41, 5.74) is 0.450. The van der Waals surface area contributed by atoms with Gasteiger partial charge in [-0.05, 0) is 48.9 Å². The zero-order valence-corrected chi connectivity index (χ0v) is 17.0. The highest BCUT2D eigenvalue weighted by Gasteiger charge is 2.31. The number of rotatable bonds is 5. The molecule has 1 aliphatic rings. The van der Waals surface area contributed by atoms with Crippen LogP contribution >= 0.6 is 0 Å². The molecule has 7 nitrogen and oxygen atoms in total. The molecule has 0 atom stereocenters. The van der Waals surface area contributed by atoms with Crippen LogP contribution in [0.3, 0.4) is 0 Å². The first-order chi connectivity index (χ1) is 15.3. The summed E-state index contributed by atoms with van der Waals surface area (Å²) >= 11 is 0. The molecule has 1 saturated heterocycles. The third-order valence-corrected chi connectivity index (χ3v) is 5.06. The molecule has 2 aromatic carbocycles.